The summed E-state index contributed by atoms with van der Waals surface area (Å²) in [6.45, 7) is 9.35. The van der Waals surface area contributed by atoms with Gasteiger partial charge in [0.1, 0.15) is 17.8 Å². The summed E-state index contributed by atoms with van der Waals surface area (Å²) in [6.07, 6.45) is 5.30. The second-order valence-electron chi connectivity index (χ2n) is 16.4. The zero-order chi connectivity index (χ0) is 39.6. The lowest BCUT2D eigenvalue weighted by molar-refractivity contribution is -0.136. The van der Waals surface area contributed by atoms with Crippen LogP contribution < -0.4 is 20.0 Å². The fourth-order valence-electron chi connectivity index (χ4n) is 9.74. The minimum Gasteiger partial charge on any atom is -0.370 e. The molecular weight excluding hydrogens is 746 g/mol. The maximum absolute atomic E-state index is 13.5. The zero-order valence-electron chi connectivity index (χ0n) is 31.8. The Bertz CT molecular complexity index is 2200. The molecule has 1 spiro atoms. The molecule has 5 saturated heterocycles. The largest absolute Gasteiger partial charge is 0.370 e. The lowest BCUT2D eigenvalue weighted by Gasteiger charge is -2.49. The van der Waals surface area contributed by atoms with Crippen molar-refractivity contribution in [3.05, 3.63) is 82.1 Å². The van der Waals surface area contributed by atoms with Gasteiger partial charge in [0.15, 0.2) is 0 Å². The number of nitriles is 1. The van der Waals surface area contributed by atoms with Gasteiger partial charge in [0.05, 0.1) is 33.6 Å². The highest BCUT2D eigenvalue weighted by molar-refractivity contribution is 6.32. The summed E-state index contributed by atoms with van der Waals surface area (Å²) in [5.74, 6) is -2.09. The van der Waals surface area contributed by atoms with Gasteiger partial charge in [0.25, 0.3) is 17.7 Å². The summed E-state index contributed by atoms with van der Waals surface area (Å²) < 4.78 is 0. The quantitative estimate of drug-likeness (QED) is 0.365. The van der Waals surface area contributed by atoms with Gasteiger partial charge >= 0.3 is 0 Å². The van der Waals surface area contributed by atoms with Crippen LogP contribution in [0.3, 0.4) is 0 Å². The predicted octanol–water partition coefficient (Wildman–Crippen LogP) is 3.54. The average molecular weight is 790 g/mol. The van der Waals surface area contributed by atoms with Crippen LogP contribution in [0.2, 0.25) is 5.02 Å². The molecule has 15 heteroatoms. The van der Waals surface area contributed by atoms with Gasteiger partial charge in [0, 0.05) is 88.8 Å². The minimum atomic E-state index is -0.987. The van der Waals surface area contributed by atoms with Gasteiger partial charge in [-0.1, -0.05) is 11.6 Å². The summed E-state index contributed by atoms with van der Waals surface area (Å²) in [4.78, 5) is 80.8. The van der Waals surface area contributed by atoms with Crippen molar-refractivity contribution in [2.24, 2.45) is 5.41 Å². The molecule has 1 aromatic heterocycles. The first-order valence-electron chi connectivity index (χ1n) is 19.8. The van der Waals surface area contributed by atoms with Crippen molar-refractivity contribution in [3.8, 4) is 6.07 Å². The van der Waals surface area contributed by atoms with Crippen molar-refractivity contribution >= 4 is 58.2 Å². The van der Waals surface area contributed by atoms with E-state index in [9.17, 15) is 29.2 Å². The van der Waals surface area contributed by atoms with Crippen LogP contribution in [0.25, 0.3) is 0 Å². The number of halogens is 1. The van der Waals surface area contributed by atoms with E-state index in [0.717, 1.165) is 87.0 Å². The van der Waals surface area contributed by atoms with E-state index in [2.05, 4.69) is 42.9 Å². The van der Waals surface area contributed by atoms with Gasteiger partial charge in [-0.25, -0.2) is 4.98 Å². The standard InChI is InChI=1S/C42H44ClN9O5/c1-26-20-42(25-51(26)29-3-2-27(21-44)34(43)19-29)10-12-47(13-11-42)30-5-7-35(45-22-30)41(57)49-16-14-48(15-17-49)31-23-50(24-31)28-4-6-32-33(18-28)40(56)52(39(32)55)36-8-9-37(53)46-38(36)54/h2-7,18-19,22,26,31,36H,8-17,20,23-25H2,1H3,(H,46,53,54). The Morgan fingerprint density at radius 2 is 1.60 bits per heavy atom. The monoisotopic (exact) mass is 789 g/mol. The number of carbonyl (C=O) groups excluding carboxylic acids is 5. The summed E-state index contributed by atoms with van der Waals surface area (Å²) in [7, 11) is 0. The molecular formula is C42H44ClN9O5. The lowest BCUT2D eigenvalue weighted by atomic mass is 9.76. The Morgan fingerprint density at radius 1 is 0.877 bits per heavy atom. The SMILES string of the molecule is CC1CC2(CCN(c3ccc(C(=O)N4CCN(C5CN(c6ccc7c(c6)C(=O)N(C6CCC(=O)NC6=O)C7=O)C5)CC4)nc3)CC2)CN1c1ccc(C#N)c(Cl)c1. The third-order valence-corrected chi connectivity index (χ3v) is 13.4. The summed E-state index contributed by atoms with van der Waals surface area (Å²) >= 11 is 6.37. The molecule has 0 aliphatic carbocycles. The number of piperidine rings is 2. The van der Waals surface area contributed by atoms with Crippen LogP contribution in [0.5, 0.6) is 0 Å². The number of nitrogens with zero attached hydrogens (tertiary/aromatic N) is 8. The maximum atomic E-state index is 13.5. The molecule has 294 valence electrons. The third kappa shape index (κ3) is 6.66. The van der Waals surface area contributed by atoms with E-state index in [0.29, 0.717) is 41.5 Å². The van der Waals surface area contributed by atoms with Crippen LogP contribution in [0.1, 0.15) is 75.8 Å². The number of hydrogen-bond donors (Lipinski definition) is 1. The Kier molecular flexibility index (Phi) is 9.40. The topological polar surface area (TPSA) is 154 Å². The van der Waals surface area contributed by atoms with E-state index >= 15 is 0 Å². The molecule has 5 amide bonds. The molecule has 1 N–H and O–H groups in total. The van der Waals surface area contributed by atoms with Crippen LogP contribution in [-0.2, 0) is 9.59 Å². The first-order chi connectivity index (χ1) is 27.5. The molecule has 0 bridgehead atoms. The Morgan fingerprint density at radius 3 is 2.28 bits per heavy atom. The second-order valence-corrected chi connectivity index (χ2v) is 16.8. The Labute approximate surface area is 335 Å². The Hall–Kier alpha value is -5.52. The van der Waals surface area contributed by atoms with Gasteiger partial charge < -0.3 is 19.6 Å². The van der Waals surface area contributed by atoms with E-state index in [4.69, 9.17) is 11.6 Å². The first kappa shape index (κ1) is 37.1. The summed E-state index contributed by atoms with van der Waals surface area (Å²) in [6, 6.07) is 16.7. The van der Waals surface area contributed by atoms with Crippen LogP contribution in [0.15, 0.2) is 54.7 Å². The van der Waals surface area contributed by atoms with Gasteiger partial charge in [-0.2, -0.15) is 5.26 Å². The second kappa shape index (κ2) is 14.5. The number of nitrogens with one attached hydrogen (secondary N) is 1. The van der Waals surface area contributed by atoms with E-state index < -0.39 is 29.7 Å². The van der Waals surface area contributed by atoms with Gasteiger partial charge in [-0.05, 0) is 86.6 Å². The van der Waals surface area contributed by atoms with Crippen molar-refractivity contribution in [2.45, 2.75) is 57.2 Å². The smallest absolute Gasteiger partial charge is 0.272 e. The highest BCUT2D eigenvalue weighted by Crippen LogP contribution is 2.46. The molecule has 57 heavy (non-hydrogen) atoms. The number of anilines is 3. The highest BCUT2D eigenvalue weighted by Gasteiger charge is 2.46. The number of hydrogen-bond acceptors (Lipinski definition) is 11. The number of fused-ring (bicyclic) bond motifs is 1. The van der Waals surface area contributed by atoms with Crippen LogP contribution in [-0.4, -0.2) is 126 Å². The Balaban J connectivity index is 0.741. The van der Waals surface area contributed by atoms with E-state index in [1.807, 2.05) is 41.4 Å². The number of pyridine rings is 1. The molecule has 2 unspecified atom stereocenters. The van der Waals surface area contributed by atoms with E-state index in [1.165, 1.54) is 0 Å². The fourth-order valence-corrected chi connectivity index (χ4v) is 9.96. The maximum Gasteiger partial charge on any atom is 0.272 e. The number of piperazine rings is 1. The molecule has 0 radical (unpaired) electrons. The number of amides is 5. The number of imide groups is 2. The zero-order valence-corrected chi connectivity index (χ0v) is 32.6. The lowest BCUT2D eigenvalue weighted by Crippen LogP contribution is -2.63. The van der Waals surface area contributed by atoms with E-state index in [1.54, 1.807) is 18.2 Å². The summed E-state index contributed by atoms with van der Waals surface area (Å²) in [5, 5.41) is 12.0. The van der Waals surface area contributed by atoms with Gasteiger partial charge in [-0.3, -0.25) is 39.1 Å². The fraction of sp³-hybridized carbons (Fsp3) is 0.452. The van der Waals surface area contributed by atoms with Crippen LogP contribution in [0.4, 0.5) is 17.1 Å². The molecule has 6 aliphatic heterocycles. The van der Waals surface area contributed by atoms with Crippen LogP contribution >= 0.6 is 11.6 Å². The van der Waals surface area contributed by atoms with Crippen LogP contribution in [0, 0.1) is 16.7 Å². The molecule has 7 heterocycles. The molecule has 9 rings (SSSR count). The molecule has 2 aromatic carbocycles. The number of rotatable bonds is 6. The number of aromatic nitrogens is 1. The highest BCUT2D eigenvalue weighted by atomic mass is 35.5. The number of carbonyl (C=O) groups is 5. The van der Waals surface area contributed by atoms with Crippen molar-refractivity contribution in [1.82, 2.24) is 25.0 Å². The minimum absolute atomic E-state index is 0.0549. The molecule has 5 fully saturated rings. The molecule has 0 saturated carbocycles. The van der Waals surface area contributed by atoms with Gasteiger partial charge in [0.2, 0.25) is 11.8 Å². The van der Waals surface area contributed by atoms with Crippen molar-refractivity contribution in [2.75, 3.05) is 73.6 Å². The normalized spacial score (nSPS) is 23.8. The first-order valence-corrected chi connectivity index (χ1v) is 20.2. The van der Waals surface area contributed by atoms with Gasteiger partial charge in [-0.15, -0.1) is 0 Å². The molecule has 3 aromatic rings. The number of benzene rings is 2. The third-order valence-electron chi connectivity index (χ3n) is 13.1. The summed E-state index contributed by atoms with van der Waals surface area (Å²) in [5.41, 5.74) is 4.68. The molecule has 2 atom stereocenters. The van der Waals surface area contributed by atoms with Crippen molar-refractivity contribution in [3.63, 3.8) is 0 Å². The predicted molar refractivity (Wildman–Crippen MR) is 212 cm³/mol. The molecule has 14 nitrogen and oxygen atoms in total. The van der Waals surface area contributed by atoms with E-state index in [-0.39, 0.29) is 35.3 Å². The van der Waals surface area contributed by atoms with Crippen molar-refractivity contribution in [1.29, 1.82) is 5.26 Å². The van der Waals surface area contributed by atoms with Crippen molar-refractivity contribution < 1.29 is 24.0 Å². The average Bonchev–Trinajstić information content (AvgIpc) is 3.65. The molecule has 6 aliphatic rings.